The molecule has 5 nitrogen and oxygen atoms in total. The van der Waals surface area contributed by atoms with Crippen LogP contribution in [0.15, 0.2) is 79.5 Å². The molecule has 0 aliphatic heterocycles. The van der Waals surface area contributed by atoms with Gasteiger partial charge in [-0.05, 0) is 53.1 Å². The monoisotopic (exact) mass is 361 g/mol. The van der Waals surface area contributed by atoms with Crippen LogP contribution in [0.25, 0.3) is 38.8 Å². The van der Waals surface area contributed by atoms with Crippen LogP contribution >= 0.6 is 0 Å². The van der Waals surface area contributed by atoms with Crippen molar-refractivity contribution < 1.29 is 0 Å². The van der Waals surface area contributed by atoms with Crippen molar-refractivity contribution in [2.45, 2.75) is 6.42 Å². The highest BCUT2D eigenvalue weighted by Gasteiger charge is 2.11. The van der Waals surface area contributed by atoms with Gasteiger partial charge in [-0.1, -0.05) is 18.2 Å². The van der Waals surface area contributed by atoms with Gasteiger partial charge in [-0.3, -0.25) is 14.5 Å². The highest BCUT2D eigenvalue weighted by molar-refractivity contribution is 6.04. The first-order valence-electron chi connectivity index (χ1n) is 8.96. The molecule has 5 heteroatoms. The second kappa shape index (κ2) is 6.60. The van der Waals surface area contributed by atoms with Crippen LogP contribution in [0.4, 0.5) is 0 Å². The summed E-state index contributed by atoms with van der Waals surface area (Å²) in [6.07, 6.45) is 7.64. The minimum absolute atomic E-state index is 0.410. The maximum Gasteiger partial charge on any atom is 0.108 e. The number of nitrogens with zero attached hydrogens (tertiary/aromatic N) is 5. The standard InChI is InChI=1S/C23H15N5/c24-10-7-16-1-4-19(5-2-16)28-15-27-22-14-26-21-6-3-18(13-20(21)23(22)28)17-8-11-25-12-9-17/h1-6,8-9,11-15H,7H2. The molecular weight excluding hydrogens is 346 g/mol. The number of hydrogen-bond acceptors (Lipinski definition) is 4. The van der Waals surface area contributed by atoms with Crippen LogP contribution < -0.4 is 0 Å². The van der Waals surface area contributed by atoms with E-state index in [2.05, 4.69) is 37.7 Å². The molecule has 0 atom stereocenters. The number of nitriles is 1. The predicted molar refractivity (Wildman–Crippen MR) is 109 cm³/mol. The summed E-state index contributed by atoms with van der Waals surface area (Å²) in [7, 11) is 0. The van der Waals surface area contributed by atoms with Gasteiger partial charge in [0, 0.05) is 23.5 Å². The summed E-state index contributed by atoms with van der Waals surface area (Å²) >= 11 is 0. The third kappa shape index (κ3) is 2.68. The summed E-state index contributed by atoms with van der Waals surface area (Å²) < 4.78 is 2.08. The third-order valence-corrected chi connectivity index (χ3v) is 4.88. The zero-order chi connectivity index (χ0) is 18.9. The van der Waals surface area contributed by atoms with Crippen LogP contribution in [0.1, 0.15) is 5.56 Å². The number of fused-ring (bicyclic) bond motifs is 3. The first-order chi connectivity index (χ1) is 13.8. The van der Waals surface area contributed by atoms with E-state index in [0.717, 1.165) is 44.3 Å². The van der Waals surface area contributed by atoms with E-state index in [0.29, 0.717) is 6.42 Å². The van der Waals surface area contributed by atoms with Crippen LogP contribution in [0, 0.1) is 11.3 Å². The molecule has 3 aromatic heterocycles. The molecule has 132 valence electrons. The van der Waals surface area contributed by atoms with Gasteiger partial charge in [-0.2, -0.15) is 5.26 Å². The van der Waals surface area contributed by atoms with Gasteiger partial charge in [0.1, 0.15) is 11.8 Å². The Balaban J connectivity index is 1.72. The van der Waals surface area contributed by atoms with Gasteiger partial charge in [0.25, 0.3) is 0 Å². The van der Waals surface area contributed by atoms with Crippen molar-refractivity contribution in [2.75, 3.05) is 0 Å². The van der Waals surface area contributed by atoms with Crippen LogP contribution in [0.3, 0.4) is 0 Å². The molecule has 0 radical (unpaired) electrons. The van der Waals surface area contributed by atoms with E-state index in [9.17, 15) is 0 Å². The van der Waals surface area contributed by atoms with E-state index in [4.69, 9.17) is 5.26 Å². The molecule has 2 aromatic carbocycles. The molecule has 0 amide bonds. The Hall–Kier alpha value is -4.04. The summed E-state index contributed by atoms with van der Waals surface area (Å²) in [6.45, 7) is 0. The maximum atomic E-state index is 8.88. The van der Waals surface area contributed by atoms with Crippen molar-refractivity contribution in [1.29, 1.82) is 5.26 Å². The van der Waals surface area contributed by atoms with Gasteiger partial charge >= 0.3 is 0 Å². The molecule has 0 saturated carbocycles. The van der Waals surface area contributed by atoms with Crippen molar-refractivity contribution in [3.63, 3.8) is 0 Å². The zero-order valence-corrected chi connectivity index (χ0v) is 14.9. The quantitative estimate of drug-likeness (QED) is 0.467. The Morgan fingerprint density at radius 3 is 2.46 bits per heavy atom. The van der Waals surface area contributed by atoms with E-state index >= 15 is 0 Å². The minimum Gasteiger partial charge on any atom is -0.298 e. The molecule has 0 spiro atoms. The Bertz CT molecular complexity index is 1330. The molecule has 5 aromatic rings. The number of benzene rings is 2. The lowest BCUT2D eigenvalue weighted by Crippen LogP contribution is -1.94. The van der Waals surface area contributed by atoms with Gasteiger partial charge in [-0.15, -0.1) is 0 Å². The molecule has 0 aliphatic rings. The minimum atomic E-state index is 0.410. The van der Waals surface area contributed by atoms with Crippen molar-refractivity contribution in [1.82, 2.24) is 19.5 Å². The van der Waals surface area contributed by atoms with E-state index in [-0.39, 0.29) is 0 Å². The molecule has 0 saturated heterocycles. The maximum absolute atomic E-state index is 8.88. The first-order valence-corrected chi connectivity index (χ1v) is 8.96. The van der Waals surface area contributed by atoms with Gasteiger partial charge in [0.15, 0.2) is 0 Å². The lowest BCUT2D eigenvalue weighted by Gasteiger charge is -2.09. The van der Waals surface area contributed by atoms with E-state index in [1.165, 1.54) is 0 Å². The number of hydrogen-bond donors (Lipinski definition) is 0. The smallest absolute Gasteiger partial charge is 0.108 e. The molecule has 0 N–H and O–H groups in total. The van der Waals surface area contributed by atoms with Crippen LogP contribution in [0.2, 0.25) is 0 Å². The van der Waals surface area contributed by atoms with Crippen LogP contribution in [0.5, 0.6) is 0 Å². The normalized spacial score (nSPS) is 11.0. The summed E-state index contributed by atoms with van der Waals surface area (Å²) in [5.74, 6) is 0. The topological polar surface area (TPSA) is 67.4 Å². The van der Waals surface area contributed by atoms with Crippen molar-refractivity contribution in [3.05, 3.63) is 85.1 Å². The van der Waals surface area contributed by atoms with Crippen molar-refractivity contribution in [2.24, 2.45) is 0 Å². The zero-order valence-electron chi connectivity index (χ0n) is 14.9. The fraction of sp³-hybridized carbons (Fsp3) is 0.0435. The Kier molecular flexibility index (Phi) is 3.81. The largest absolute Gasteiger partial charge is 0.298 e. The lowest BCUT2D eigenvalue weighted by molar-refractivity contribution is 1.09. The highest BCUT2D eigenvalue weighted by atomic mass is 15.1. The molecule has 3 heterocycles. The predicted octanol–water partition coefficient (Wildman–Crippen LogP) is 4.70. The van der Waals surface area contributed by atoms with Gasteiger partial charge < -0.3 is 0 Å². The van der Waals surface area contributed by atoms with Crippen LogP contribution in [-0.4, -0.2) is 19.5 Å². The lowest BCUT2D eigenvalue weighted by atomic mass is 10.0. The second-order valence-electron chi connectivity index (χ2n) is 6.58. The van der Waals surface area contributed by atoms with Crippen LogP contribution in [-0.2, 0) is 6.42 Å². The fourth-order valence-corrected chi connectivity index (χ4v) is 3.48. The summed E-state index contributed by atoms with van der Waals surface area (Å²) in [5, 5.41) is 9.92. The summed E-state index contributed by atoms with van der Waals surface area (Å²) in [5.41, 5.74) is 7.03. The van der Waals surface area contributed by atoms with Gasteiger partial charge in [0.05, 0.1) is 29.7 Å². The number of pyridine rings is 2. The van der Waals surface area contributed by atoms with E-state index in [1.807, 2.05) is 55.0 Å². The van der Waals surface area contributed by atoms with Gasteiger partial charge in [0.2, 0.25) is 0 Å². The Morgan fingerprint density at radius 2 is 1.68 bits per heavy atom. The van der Waals surface area contributed by atoms with E-state index in [1.54, 1.807) is 12.4 Å². The van der Waals surface area contributed by atoms with Gasteiger partial charge in [-0.25, -0.2) is 4.98 Å². The number of rotatable bonds is 3. The molecule has 0 fully saturated rings. The Morgan fingerprint density at radius 1 is 0.857 bits per heavy atom. The molecule has 5 rings (SSSR count). The summed E-state index contributed by atoms with van der Waals surface area (Å²) in [4.78, 5) is 13.2. The third-order valence-electron chi connectivity index (χ3n) is 4.88. The summed E-state index contributed by atoms with van der Waals surface area (Å²) in [6, 6.07) is 20.5. The molecule has 0 bridgehead atoms. The first kappa shape index (κ1) is 16.2. The highest BCUT2D eigenvalue weighted by Crippen LogP contribution is 2.29. The average Bonchev–Trinajstić information content (AvgIpc) is 3.19. The molecule has 28 heavy (non-hydrogen) atoms. The number of aromatic nitrogens is 4. The molecule has 0 unspecified atom stereocenters. The van der Waals surface area contributed by atoms with Crippen molar-refractivity contribution >= 4 is 21.9 Å². The SMILES string of the molecule is N#CCc1ccc(-n2cnc3cnc4ccc(-c5ccncc5)cc4c32)cc1. The van der Waals surface area contributed by atoms with E-state index < -0.39 is 0 Å². The van der Waals surface area contributed by atoms with Crippen molar-refractivity contribution in [3.8, 4) is 22.9 Å². The number of imidazole rings is 1. The Labute approximate surface area is 161 Å². The average molecular weight is 361 g/mol. The second-order valence-corrected chi connectivity index (χ2v) is 6.58. The fourth-order valence-electron chi connectivity index (χ4n) is 3.48. The molecular formula is C23H15N5. The molecule has 0 aliphatic carbocycles.